The molecule has 21 heavy (non-hydrogen) atoms. The molecule has 0 aromatic heterocycles. The maximum atomic E-state index is 14.5. The molecular formula is C17H18FNO2. The van der Waals surface area contributed by atoms with Crippen LogP contribution in [0.3, 0.4) is 0 Å². The monoisotopic (exact) mass is 287 g/mol. The van der Waals surface area contributed by atoms with Crippen LogP contribution in [-0.4, -0.2) is 20.8 Å². The highest BCUT2D eigenvalue weighted by Crippen LogP contribution is 2.33. The van der Waals surface area contributed by atoms with Crippen molar-refractivity contribution in [1.29, 1.82) is 0 Å². The lowest BCUT2D eigenvalue weighted by atomic mass is 9.96. The fourth-order valence-corrected chi connectivity index (χ4v) is 2.80. The van der Waals surface area contributed by atoms with E-state index in [4.69, 9.17) is 9.47 Å². The van der Waals surface area contributed by atoms with Crippen molar-refractivity contribution in [2.45, 2.75) is 12.5 Å². The summed E-state index contributed by atoms with van der Waals surface area (Å²) in [7, 11) is 3.30. The summed E-state index contributed by atoms with van der Waals surface area (Å²) in [6.07, 6.45) is 0.903. The first-order valence-electron chi connectivity index (χ1n) is 7.00. The topological polar surface area (TPSA) is 30.5 Å². The Kier molecular flexibility index (Phi) is 3.80. The van der Waals surface area contributed by atoms with E-state index in [9.17, 15) is 4.39 Å². The highest BCUT2D eigenvalue weighted by molar-refractivity contribution is 5.44. The summed E-state index contributed by atoms with van der Waals surface area (Å²) >= 11 is 0. The van der Waals surface area contributed by atoms with E-state index in [1.54, 1.807) is 18.2 Å². The molecule has 1 heterocycles. The van der Waals surface area contributed by atoms with E-state index in [0.717, 1.165) is 24.3 Å². The highest BCUT2D eigenvalue weighted by Gasteiger charge is 2.21. The van der Waals surface area contributed by atoms with Crippen molar-refractivity contribution in [3.05, 3.63) is 58.9 Å². The number of fused-ring (bicyclic) bond motifs is 1. The van der Waals surface area contributed by atoms with Gasteiger partial charge in [-0.05, 0) is 30.3 Å². The van der Waals surface area contributed by atoms with Gasteiger partial charge in [-0.25, -0.2) is 4.39 Å². The summed E-state index contributed by atoms with van der Waals surface area (Å²) in [5, 5.41) is 3.18. The molecule has 1 aliphatic rings. The lowest BCUT2D eigenvalue weighted by molar-refractivity contribution is 0.356. The van der Waals surface area contributed by atoms with Crippen LogP contribution in [0.2, 0.25) is 0 Å². The van der Waals surface area contributed by atoms with Gasteiger partial charge in [0, 0.05) is 12.0 Å². The molecule has 2 aromatic carbocycles. The predicted molar refractivity (Wildman–Crippen MR) is 79.5 cm³/mol. The van der Waals surface area contributed by atoms with Gasteiger partial charge in [0.2, 0.25) is 0 Å². The number of benzene rings is 2. The number of hydrogen-bond donors (Lipinski definition) is 1. The van der Waals surface area contributed by atoms with E-state index in [1.165, 1.54) is 12.7 Å². The number of methoxy groups -OCH3 is 1. The predicted octanol–water partition coefficient (Wildman–Crippen LogP) is 3.08. The zero-order chi connectivity index (χ0) is 14.8. The van der Waals surface area contributed by atoms with Crippen LogP contribution >= 0.6 is 0 Å². The average Bonchev–Trinajstić information content (AvgIpc) is 2.97. The molecule has 4 heteroatoms. The average molecular weight is 287 g/mol. The SMILES string of the molecule is CNC(c1ccc2c(c1)CCO2)c1cccc(OC)c1F. The molecular weight excluding hydrogens is 269 g/mol. The van der Waals surface area contributed by atoms with E-state index in [1.807, 2.05) is 19.2 Å². The van der Waals surface area contributed by atoms with Crippen LogP contribution in [0.25, 0.3) is 0 Å². The van der Waals surface area contributed by atoms with Crippen molar-refractivity contribution < 1.29 is 13.9 Å². The van der Waals surface area contributed by atoms with Crippen LogP contribution in [0, 0.1) is 5.82 Å². The highest BCUT2D eigenvalue weighted by atomic mass is 19.1. The first-order valence-corrected chi connectivity index (χ1v) is 7.00. The summed E-state index contributed by atoms with van der Waals surface area (Å²) in [4.78, 5) is 0. The molecule has 1 N–H and O–H groups in total. The minimum absolute atomic E-state index is 0.217. The second-order valence-electron chi connectivity index (χ2n) is 5.05. The quantitative estimate of drug-likeness (QED) is 0.937. The molecule has 0 aliphatic carbocycles. The molecule has 0 bridgehead atoms. The van der Waals surface area contributed by atoms with Gasteiger partial charge in [-0.15, -0.1) is 0 Å². The van der Waals surface area contributed by atoms with E-state index >= 15 is 0 Å². The number of halogens is 1. The van der Waals surface area contributed by atoms with E-state index < -0.39 is 0 Å². The molecule has 1 atom stereocenters. The van der Waals surface area contributed by atoms with Crippen LogP contribution in [0.1, 0.15) is 22.7 Å². The molecule has 110 valence electrons. The van der Waals surface area contributed by atoms with Gasteiger partial charge in [0.05, 0.1) is 19.8 Å². The van der Waals surface area contributed by atoms with E-state index in [-0.39, 0.29) is 17.6 Å². The van der Waals surface area contributed by atoms with Gasteiger partial charge in [0.25, 0.3) is 0 Å². The Labute approximate surface area is 123 Å². The Balaban J connectivity index is 2.02. The van der Waals surface area contributed by atoms with Gasteiger partial charge in [-0.2, -0.15) is 0 Å². The lowest BCUT2D eigenvalue weighted by Crippen LogP contribution is -2.19. The second kappa shape index (κ2) is 5.74. The fourth-order valence-electron chi connectivity index (χ4n) is 2.80. The molecule has 3 rings (SSSR count). The summed E-state index contributed by atoms with van der Waals surface area (Å²) < 4.78 is 25.1. The van der Waals surface area contributed by atoms with Gasteiger partial charge in [-0.3, -0.25) is 0 Å². The van der Waals surface area contributed by atoms with Crippen molar-refractivity contribution in [3.8, 4) is 11.5 Å². The Morgan fingerprint density at radius 1 is 1.29 bits per heavy atom. The van der Waals surface area contributed by atoms with Crippen LogP contribution in [0.4, 0.5) is 4.39 Å². The van der Waals surface area contributed by atoms with Gasteiger partial charge in [0.15, 0.2) is 11.6 Å². The maximum absolute atomic E-state index is 14.5. The van der Waals surface area contributed by atoms with Crippen LogP contribution in [-0.2, 0) is 6.42 Å². The van der Waals surface area contributed by atoms with Crippen molar-refractivity contribution >= 4 is 0 Å². The molecule has 1 aliphatic heterocycles. The number of rotatable bonds is 4. The first-order chi connectivity index (χ1) is 10.2. The molecule has 0 saturated heterocycles. The second-order valence-corrected chi connectivity index (χ2v) is 5.05. The standard InChI is InChI=1S/C17H18FNO2/c1-19-17(13-4-3-5-15(20-2)16(13)18)12-6-7-14-11(10-12)8-9-21-14/h3-7,10,17,19H,8-9H2,1-2H3. The Bertz CT molecular complexity index is 657. The fraction of sp³-hybridized carbons (Fsp3) is 0.294. The molecule has 0 spiro atoms. The van der Waals surface area contributed by atoms with Crippen molar-refractivity contribution in [1.82, 2.24) is 5.32 Å². The number of nitrogens with one attached hydrogen (secondary N) is 1. The van der Waals surface area contributed by atoms with Gasteiger partial charge < -0.3 is 14.8 Å². The molecule has 0 fully saturated rings. The van der Waals surface area contributed by atoms with Crippen molar-refractivity contribution in [2.24, 2.45) is 0 Å². The van der Waals surface area contributed by atoms with Gasteiger partial charge in [-0.1, -0.05) is 24.3 Å². The smallest absolute Gasteiger partial charge is 0.170 e. The van der Waals surface area contributed by atoms with Crippen LogP contribution in [0.15, 0.2) is 36.4 Å². The maximum Gasteiger partial charge on any atom is 0.170 e. The molecule has 3 nitrogen and oxygen atoms in total. The Morgan fingerprint density at radius 3 is 2.90 bits per heavy atom. The third-order valence-corrected chi connectivity index (χ3v) is 3.86. The Hall–Kier alpha value is -2.07. The molecule has 0 amide bonds. The van der Waals surface area contributed by atoms with E-state index in [2.05, 4.69) is 11.4 Å². The minimum Gasteiger partial charge on any atom is -0.494 e. The third-order valence-electron chi connectivity index (χ3n) is 3.86. The number of hydrogen-bond acceptors (Lipinski definition) is 3. The molecule has 2 aromatic rings. The van der Waals surface area contributed by atoms with Crippen molar-refractivity contribution in [3.63, 3.8) is 0 Å². The minimum atomic E-state index is -0.323. The summed E-state index contributed by atoms with van der Waals surface area (Å²) in [6.45, 7) is 0.719. The van der Waals surface area contributed by atoms with Crippen LogP contribution in [0.5, 0.6) is 11.5 Å². The summed E-state index contributed by atoms with van der Waals surface area (Å²) in [5.74, 6) is 0.869. The lowest BCUT2D eigenvalue weighted by Gasteiger charge is -2.19. The first kappa shape index (κ1) is 13.9. The summed E-state index contributed by atoms with van der Waals surface area (Å²) in [6, 6.07) is 11.0. The largest absolute Gasteiger partial charge is 0.494 e. The normalized spacial score (nSPS) is 14.4. The van der Waals surface area contributed by atoms with Gasteiger partial charge >= 0.3 is 0 Å². The van der Waals surface area contributed by atoms with Crippen LogP contribution < -0.4 is 14.8 Å². The number of ether oxygens (including phenoxy) is 2. The Morgan fingerprint density at radius 2 is 2.14 bits per heavy atom. The zero-order valence-electron chi connectivity index (χ0n) is 12.2. The third kappa shape index (κ3) is 2.47. The van der Waals surface area contributed by atoms with E-state index in [0.29, 0.717) is 5.56 Å². The molecule has 0 radical (unpaired) electrons. The zero-order valence-corrected chi connectivity index (χ0v) is 12.2. The summed E-state index contributed by atoms with van der Waals surface area (Å²) in [5.41, 5.74) is 2.78. The molecule has 1 unspecified atom stereocenters. The van der Waals surface area contributed by atoms with Crippen molar-refractivity contribution in [2.75, 3.05) is 20.8 Å². The molecule has 0 saturated carbocycles. The van der Waals surface area contributed by atoms with Gasteiger partial charge in [0.1, 0.15) is 5.75 Å².